The van der Waals surface area contributed by atoms with E-state index in [0.29, 0.717) is 10.0 Å². The number of methoxy groups -OCH3 is 1. The van der Waals surface area contributed by atoms with Crippen molar-refractivity contribution in [1.82, 2.24) is 0 Å². The highest BCUT2D eigenvalue weighted by molar-refractivity contribution is 9.10. The number of ether oxygens (including phenoxy) is 1. The largest absolute Gasteiger partial charge is 0.490 e. The average molecular weight is 302 g/mol. The molecule has 0 aliphatic heterocycles. The molecule has 1 aromatic rings. The smallest absolute Gasteiger partial charge is 0.328 e. The number of nitro groups is 1. The summed E-state index contributed by atoms with van der Waals surface area (Å²) in [6.45, 7) is 0. The lowest BCUT2D eigenvalue weighted by Gasteiger charge is -2.07. The van der Waals surface area contributed by atoms with Crippen LogP contribution < -0.4 is 4.74 Å². The van der Waals surface area contributed by atoms with Gasteiger partial charge in [-0.25, -0.2) is 4.79 Å². The molecule has 90 valence electrons. The highest BCUT2D eigenvalue weighted by Gasteiger charge is 2.19. The van der Waals surface area contributed by atoms with E-state index in [4.69, 9.17) is 9.84 Å². The molecule has 0 fully saturated rings. The van der Waals surface area contributed by atoms with Gasteiger partial charge in [-0.05, 0) is 12.1 Å². The number of nitro benzene ring substituents is 1. The molecule has 0 bridgehead atoms. The van der Waals surface area contributed by atoms with Crippen molar-refractivity contribution in [3.8, 4) is 5.75 Å². The molecule has 7 heteroatoms. The first kappa shape index (κ1) is 13.2. The van der Waals surface area contributed by atoms with E-state index in [-0.39, 0.29) is 11.4 Å². The number of hydrogen-bond acceptors (Lipinski definition) is 4. The van der Waals surface area contributed by atoms with E-state index >= 15 is 0 Å². The zero-order chi connectivity index (χ0) is 13.0. The molecule has 0 amide bonds. The Morgan fingerprint density at radius 2 is 2.24 bits per heavy atom. The normalized spacial score (nSPS) is 10.5. The minimum absolute atomic E-state index is 0.0156. The molecule has 0 saturated heterocycles. The Morgan fingerprint density at radius 1 is 1.59 bits per heavy atom. The molecule has 0 aliphatic rings. The third-order valence-corrected chi connectivity index (χ3v) is 2.61. The van der Waals surface area contributed by atoms with E-state index in [1.165, 1.54) is 25.3 Å². The monoisotopic (exact) mass is 301 g/mol. The van der Waals surface area contributed by atoms with Crippen LogP contribution >= 0.6 is 15.9 Å². The average Bonchev–Trinajstić information content (AvgIpc) is 2.26. The van der Waals surface area contributed by atoms with Crippen LogP contribution in [0.5, 0.6) is 5.75 Å². The topological polar surface area (TPSA) is 89.7 Å². The van der Waals surface area contributed by atoms with E-state index in [1.807, 2.05) is 0 Å². The van der Waals surface area contributed by atoms with Crippen LogP contribution in [-0.4, -0.2) is 23.1 Å². The summed E-state index contributed by atoms with van der Waals surface area (Å²) in [6.07, 6.45) is 2.12. The second-order valence-electron chi connectivity index (χ2n) is 2.94. The fraction of sp³-hybridized carbons (Fsp3) is 0.100. The Bertz CT molecular complexity index is 498. The number of carbonyl (C=O) groups is 1. The molecule has 0 radical (unpaired) electrons. The number of carboxylic acid groups (broad SMARTS) is 1. The summed E-state index contributed by atoms with van der Waals surface area (Å²) < 4.78 is 5.45. The summed E-state index contributed by atoms with van der Waals surface area (Å²) >= 11 is 3.17. The summed E-state index contributed by atoms with van der Waals surface area (Å²) in [7, 11) is 1.28. The van der Waals surface area contributed by atoms with Crippen molar-refractivity contribution in [2.75, 3.05) is 7.11 Å². The van der Waals surface area contributed by atoms with Crippen LogP contribution in [0.15, 0.2) is 22.7 Å². The maximum atomic E-state index is 10.8. The van der Waals surface area contributed by atoms with Crippen LogP contribution in [0.4, 0.5) is 5.69 Å². The Hall–Kier alpha value is -1.89. The maximum absolute atomic E-state index is 10.8. The molecular formula is C10H8BrNO5. The summed E-state index contributed by atoms with van der Waals surface area (Å²) in [6, 6.07) is 2.74. The standard InChI is InChI=1S/C10H8BrNO5/c1-17-10-6(2-5-9(13)14)7(11)3-4-8(10)12(15)16/h2-5H,1H3,(H,13,14)/b5-2+. The van der Waals surface area contributed by atoms with E-state index in [0.717, 1.165) is 6.08 Å². The van der Waals surface area contributed by atoms with Gasteiger partial charge in [0.2, 0.25) is 5.75 Å². The molecule has 1 aromatic carbocycles. The number of carboxylic acids is 1. The van der Waals surface area contributed by atoms with Crippen molar-refractivity contribution in [3.63, 3.8) is 0 Å². The third-order valence-electron chi connectivity index (χ3n) is 1.92. The van der Waals surface area contributed by atoms with E-state index in [1.54, 1.807) is 0 Å². The third kappa shape index (κ3) is 3.04. The van der Waals surface area contributed by atoms with Gasteiger partial charge in [-0.3, -0.25) is 10.1 Å². The highest BCUT2D eigenvalue weighted by atomic mass is 79.9. The fourth-order valence-electron chi connectivity index (χ4n) is 1.23. The molecule has 6 nitrogen and oxygen atoms in total. The molecule has 0 saturated carbocycles. The van der Waals surface area contributed by atoms with Crippen molar-refractivity contribution in [3.05, 3.63) is 38.4 Å². The fourth-order valence-corrected chi connectivity index (χ4v) is 1.68. The lowest BCUT2D eigenvalue weighted by Crippen LogP contribution is -1.97. The van der Waals surface area contributed by atoms with Gasteiger partial charge in [0, 0.05) is 22.2 Å². The van der Waals surface area contributed by atoms with Gasteiger partial charge in [0.05, 0.1) is 12.0 Å². The number of aliphatic carboxylic acids is 1. The first-order chi connectivity index (χ1) is 7.97. The van der Waals surface area contributed by atoms with Crippen LogP contribution in [0.1, 0.15) is 5.56 Å². The van der Waals surface area contributed by atoms with E-state index < -0.39 is 10.9 Å². The zero-order valence-corrected chi connectivity index (χ0v) is 10.3. The molecule has 1 rings (SSSR count). The van der Waals surface area contributed by atoms with Gasteiger partial charge in [-0.1, -0.05) is 15.9 Å². The zero-order valence-electron chi connectivity index (χ0n) is 8.71. The van der Waals surface area contributed by atoms with Gasteiger partial charge in [-0.15, -0.1) is 0 Å². The van der Waals surface area contributed by atoms with Crippen molar-refractivity contribution < 1.29 is 19.6 Å². The van der Waals surface area contributed by atoms with Gasteiger partial charge in [0.25, 0.3) is 0 Å². The molecular weight excluding hydrogens is 294 g/mol. The van der Waals surface area contributed by atoms with E-state index in [2.05, 4.69) is 15.9 Å². The number of nitrogens with zero attached hydrogens (tertiary/aromatic N) is 1. The molecule has 0 spiro atoms. The Kier molecular flexibility index (Phi) is 4.22. The quantitative estimate of drug-likeness (QED) is 0.524. The molecule has 0 aliphatic carbocycles. The predicted molar refractivity (Wildman–Crippen MR) is 64.0 cm³/mol. The lowest BCUT2D eigenvalue weighted by molar-refractivity contribution is -0.385. The minimum atomic E-state index is -1.15. The Labute approximate surface area is 105 Å². The number of benzene rings is 1. The second-order valence-corrected chi connectivity index (χ2v) is 3.80. The molecule has 0 atom stereocenters. The van der Waals surface area contributed by atoms with Crippen LogP contribution in [0.3, 0.4) is 0 Å². The molecule has 0 heterocycles. The van der Waals surface area contributed by atoms with Gasteiger partial charge in [-0.2, -0.15) is 0 Å². The molecule has 0 aromatic heterocycles. The number of hydrogen-bond donors (Lipinski definition) is 1. The van der Waals surface area contributed by atoms with Crippen LogP contribution in [0, 0.1) is 10.1 Å². The van der Waals surface area contributed by atoms with Crippen LogP contribution in [0.2, 0.25) is 0 Å². The predicted octanol–water partition coefficient (Wildman–Crippen LogP) is 2.46. The minimum Gasteiger partial charge on any atom is -0.490 e. The van der Waals surface area contributed by atoms with Crippen molar-refractivity contribution in [1.29, 1.82) is 0 Å². The highest BCUT2D eigenvalue weighted by Crippen LogP contribution is 2.36. The van der Waals surface area contributed by atoms with Gasteiger partial charge < -0.3 is 9.84 Å². The van der Waals surface area contributed by atoms with Gasteiger partial charge in [0.15, 0.2) is 0 Å². The molecule has 17 heavy (non-hydrogen) atoms. The lowest BCUT2D eigenvalue weighted by atomic mass is 10.1. The Morgan fingerprint density at radius 3 is 2.71 bits per heavy atom. The maximum Gasteiger partial charge on any atom is 0.328 e. The molecule has 1 N–H and O–H groups in total. The van der Waals surface area contributed by atoms with E-state index in [9.17, 15) is 14.9 Å². The number of halogens is 1. The summed E-state index contributed by atoms with van der Waals surface area (Å²) in [4.78, 5) is 20.6. The molecule has 0 unspecified atom stereocenters. The number of rotatable bonds is 4. The second kappa shape index (κ2) is 5.44. The summed E-state index contributed by atoms with van der Waals surface area (Å²) in [5.74, 6) is -1.13. The van der Waals surface area contributed by atoms with Crippen LogP contribution in [-0.2, 0) is 4.79 Å². The Balaban J connectivity index is 3.40. The first-order valence-electron chi connectivity index (χ1n) is 4.39. The van der Waals surface area contributed by atoms with Gasteiger partial charge in [0.1, 0.15) is 0 Å². The SMILES string of the molecule is COc1c([N+](=O)[O-])ccc(Br)c1/C=C/C(=O)O. The summed E-state index contributed by atoms with van der Waals surface area (Å²) in [5, 5.41) is 19.3. The van der Waals surface area contributed by atoms with Crippen molar-refractivity contribution in [2.45, 2.75) is 0 Å². The van der Waals surface area contributed by atoms with Gasteiger partial charge >= 0.3 is 11.7 Å². The summed E-state index contributed by atoms with van der Waals surface area (Å²) in [5.41, 5.74) is 0.0878. The van der Waals surface area contributed by atoms with Crippen LogP contribution in [0.25, 0.3) is 6.08 Å². The first-order valence-corrected chi connectivity index (χ1v) is 5.18. The van der Waals surface area contributed by atoms with Crippen molar-refractivity contribution >= 4 is 33.7 Å². The van der Waals surface area contributed by atoms with Crippen molar-refractivity contribution in [2.24, 2.45) is 0 Å².